The zero-order valence-electron chi connectivity index (χ0n) is 6.92. The molecule has 2 aromatic rings. The number of hydrogen-bond donors (Lipinski definition) is 1. The standard InChI is InChI=1S/C8H9N3OS/c12-4-8-9-1-2-11(8)3-7-5-13-6-10-7/h1-2,5-6,12H,3-4H2. The van der Waals surface area contributed by atoms with Crippen molar-refractivity contribution in [3.05, 3.63) is 34.8 Å². The number of thiazole rings is 1. The van der Waals surface area contributed by atoms with Crippen LogP contribution in [0.1, 0.15) is 11.5 Å². The van der Waals surface area contributed by atoms with Gasteiger partial charge in [-0.1, -0.05) is 0 Å². The first-order valence-corrected chi connectivity index (χ1v) is 4.82. The maximum absolute atomic E-state index is 8.93. The molecule has 0 atom stereocenters. The van der Waals surface area contributed by atoms with Gasteiger partial charge in [0.25, 0.3) is 0 Å². The minimum Gasteiger partial charge on any atom is -0.388 e. The zero-order valence-corrected chi connectivity index (χ0v) is 7.74. The van der Waals surface area contributed by atoms with Gasteiger partial charge in [-0.25, -0.2) is 9.97 Å². The summed E-state index contributed by atoms with van der Waals surface area (Å²) in [5.74, 6) is 0.674. The molecule has 0 spiro atoms. The molecular formula is C8H9N3OS. The summed E-state index contributed by atoms with van der Waals surface area (Å²) in [6.45, 7) is 0.649. The second-order valence-electron chi connectivity index (χ2n) is 2.61. The van der Waals surface area contributed by atoms with E-state index in [1.807, 2.05) is 16.1 Å². The highest BCUT2D eigenvalue weighted by Crippen LogP contribution is 2.05. The fraction of sp³-hybridized carbons (Fsp3) is 0.250. The molecule has 13 heavy (non-hydrogen) atoms. The topological polar surface area (TPSA) is 50.9 Å². The fourth-order valence-corrected chi connectivity index (χ4v) is 1.68. The summed E-state index contributed by atoms with van der Waals surface area (Å²) in [5, 5.41) is 10.9. The highest BCUT2D eigenvalue weighted by Gasteiger charge is 2.02. The maximum Gasteiger partial charge on any atom is 0.134 e. The van der Waals surface area contributed by atoms with E-state index in [-0.39, 0.29) is 6.61 Å². The van der Waals surface area contributed by atoms with Crippen LogP contribution in [0.3, 0.4) is 0 Å². The average Bonchev–Trinajstić information content (AvgIpc) is 2.76. The van der Waals surface area contributed by atoms with Gasteiger partial charge in [0.15, 0.2) is 0 Å². The lowest BCUT2D eigenvalue weighted by atomic mass is 10.4. The van der Waals surface area contributed by atoms with E-state index in [1.165, 1.54) is 0 Å². The molecule has 2 aromatic heterocycles. The minimum absolute atomic E-state index is 0.0306. The Morgan fingerprint density at radius 3 is 3.08 bits per heavy atom. The smallest absolute Gasteiger partial charge is 0.134 e. The van der Waals surface area contributed by atoms with Gasteiger partial charge < -0.3 is 9.67 Å². The number of aliphatic hydroxyl groups is 1. The van der Waals surface area contributed by atoms with Crippen molar-refractivity contribution in [3.8, 4) is 0 Å². The molecule has 0 saturated carbocycles. The molecule has 0 aliphatic rings. The number of nitrogens with zero attached hydrogens (tertiary/aromatic N) is 3. The highest BCUT2D eigenvalue weighted by atomic mass is 32.1. The quantitative estimate of drug-likeness (QED) is 0.791. The molecule has 0 bridgehead atoms. The fourth-order valence-electron chi connectivity index (χ4n) is 1.13. The maximum atomic E-state index is 8.93. The predicted octanol–water partition coefficient (Wildman–Crippen LogP) is 0.880. The van der Waals surface area contributed by atoms with Crippen LogP contribution in [0, 0.1) is 0 Å². The van der Waals surface area contributed by atoms with Gasteiger partial charge in [0.05, 0.1) is 17.7 Å². The molecule has 0 aliphatic heterocycles. The summed E-state index contributed by atoms with van der Waals surface area (Å²) in [6.07, 6.45) is 3.52. The molecule has 0 fully saturated rings. The van der Waals surface area contributed by atoms with Crippen LogP contribution in [-0.4, -0.2) is 19.6 Å². The van der Waals surface area contributed by atoms with Crippen LogP contribution in [-0.2, 0) is 13.2 Å². The van der Waals surface area contributed by atoms with Gasteiger partial charge in [0.1, 0.15) is 12.4 Å². The summed E-state index contributed by atoms with van der Waals surface area (Å²) < 4.78 is 1.88. The molecule has 68 valence electrons. The lowest BCUT2D eigenvalue weighted by Crippen LogP contribution is -2.04. The van der Waals surface area contributed by atoms with Gasteiger partial charge in [0.2, 0.25) is 0 Å². The third kappa shape index (κ3) is 1.76. The highest BCUT2D eigenvalue weighted by molar-refractivity contribution is 7.07. The summed E-state index contributed by atoms with van der Waals surface area (Å²) in [4.78, 5) is 8.16. The molecule has 5 heteroatoms. The van der Waals surface area contributed by atoms with E-state index in [9.17, 15) is 0 Å². The van der Waals surface area contributed by atoms with E-state index in [4.69, 9.17) is 5.11 Å². The van der Waals surface area contributed by atoms with Gasteiger partial charge in [0, 0.05) is 17.8 Å². The number of rotatable bonds is 3. The van der Waals surface area contributed by atoms with Crippen molar-refractivity contribution in [2.24, 2.45) is 0 Å². The third-order valence-electron chi connectivity index (χ3n) is 1.76. The lowest BCUT2D eigenvalue weighted by Gasteiger charge is -2.02. The summed E-state index contributed by atoms with van der Waals surface area (Å²) >= 11 is 1.57. The van der Waals surface area contributed by atoms with E-state index in [0.29, 0.717) is 12.4 Å². The van der Waals surface area contributed by atoms with Crippen LogP contribution in [0.15, 0.2) is 23.3 Å². The van der Waals surface area contributed by atoms with Crippen molar-refractivity contribution in [1.29, 1.82) is 0 Å². The Morgan fingerprint density at radius 2 is 2.38 bits per heavy atom. The third-order valence-corrected chi connectivity index (χ3v) is 2.39. The normalized spacial score (nSPS) is 10.5. The van der Waals surface area contributed by atoms with Gasteiger partial charge in [-0.15, -0.1) is 11.3 Å². The molecule has 0 amide bonds. The molecule has 0 radical (unpaired) electrons. The Morgan fingerprint density at radius 1 is 1.46 bits per heavy atom. The predicted molar refractivity (Wildman–Crippen MR) is 49.4 cm³/mol. The van der Waals surface area contributed by atoms with Crippen LogP contribution in [0.25, 0.3) is 0 Å². The zero-order chi connectivity index (χ0) is 9.10. The first-order valence-electron chi connectivity index (χ1n) is 3.88. The monoisotopic (exact) mass is 195 g/mol. The van der Waals surface area contributed by atoms with Crippen LogP contribution < -0.4 is 0 Å². The summed E-state index contributed by atoms with van der Waals surface area (Å²) in [5.41, 5.74) is 2.79. The first-order chi connectivity index (χ1) is 6.40. The molecule has 2 rings (SSSR count). The van der Waals surface area contributed by atoms with E-state index < -0.39 is 0 Å². The lowest BCUT2D eigenvalue weighted by molar-refractivity contribution is 0.266. The molecule has 0 aromatic carbocycles. The molecule has 0 unspecified atom stereocenters. The summed E-state index contributed by atoms with van der Waals surface area (Å²) in [6, 6.07) is 0. The summed E-state index contributed by atoms with van der Waals surface area (Å²) in [7, 11) is 0. The Bertz CT molecular complexity index is 368. The molecular weight excluding hydrogens is 186 g/mol. The Labute approximate surface area is 79.5 Å². The largest absolute Gasteiger partial charge is 0.388 e. The average molecular weight is 195 g/mol. The molecule has 1 N–H and O–H groups in total. The van der Waals surface area contributed by atoms with E-state index in [2.05, 4.69) is 9.97 Å². The SMILES string of the molecule is OCc1nccn1Cc1cscn1. The first kappa shape index (κ1) is 8.40. The second-order valence-corrected chi connectivity index (χ2v) is 3.33. The Balaban J connectivity index is 2.18. The molecule has 4 nitrogen and oxygen atoms in total. The molecule has 0 saturated heterocycles. The Hall–Kier alpha value is -1.20. The number of aliphatic hydroxyl groups excluding tert-OH is 1. The van der Waals surface area contributed by atoms with Crippen molar-refractivity contribution in [3.63, 3.8) is 0 Å². The van der Waals surface area contributed by atoms with Gasteiger partial charge in [-0.05, 0) is 0 Å². The molecule has 2 heterocycles. The van der Waals surface area contributed by atoms with Crippen molar-refractivity contribution in [1.82, 2.24) is 14.5 Å². The van der Waals surface area contributed by atoms with Crippen LogP contribution in [0.2, 0.25) is 0 Å². The van der Waals surface area contributed by atoms with E-state index in [1.54, 1.807) is 23.0 Å². The number of hydrogen-bond acceptors (Lipinski definition) is 4. The van der Waals surface area contributed by atoms with Crippen molar-refractivity contribution in [2.45, 2.75) is 13.2 Å². The van der Waals surface area contributed by atoms with E-state index >= 15 is 0 Å². The van der Waals surface area contributed by atoms with Crippen molar-refractivity contribution < 1.29 is 5.11 Å². The van der Waals surface area contributed by atoms with Crippen molar-refractivity contribution in [2.75, 3.05) is 0 Å². The van der Waals surface area contributed by atoms with Gasteiger partial charge in [-0.2, -0.15) is 0 Å². The van der Waals surface area contributed by atoms with Gasteiger partial charge >= 0.3 is 0 Å². The number of aromatic nitrogens is 3. The van der Waals surface area contributed by atoms with Gasteiger partial charge in [-0.3, -0.25) is 0 Å². The van der Waals surface area contributed by atoms with E-state index in [0.717, 1.165) is 5.69 Å². The molecule has 0 aliphatic carbocycles. The van der Waals surface area contributed by atoms with Crippen LogP contribution >= 0.6 is 11.3 Å². The van der Waals surface area contributed by atoms with Crippen LogP contribution in [0.5, 0.6) is 0 Å². The Kier molecular flexibility index (Phi) is 2.37. The second kappa shape index (κ2) is 3.68. The minimum atomic E-state index is -0.0306. The van der Waals surface area contributed by atoms with Crippen molar-refractivity contribution >= 4 is 11.3 Å². The number of imidazole rings is 1. The van der Waals surface area contributed by atoms with Crippen LogP contribution in [0.4, 0.5) is 0 Å².